The number of esters is 4. The molecule has 3 rings (SSSR count). The molecule has 3 fully saturated rings. The van der Waals surface area contributed by atoms with Gasteiger partial charge in [0.25, 0.3) is 0 Å². The number of rotatable bonds is 7. The van der Waals surface area contributed by atoms with Crippen LogP contribution in [-0.4, -0.2) is 60.8 Å². The minimum atomic E-state index is -5.02. The maximum Gasteiger partial charge on any atom is 0.422 e. The first kappa shape index (κ1) is 25.0. The van der Waals surface area contributed by atoms with Crippen LogP contribution in [0.4, 0.5) is 13.2 Å². The van der Waals surface area contributed by atoms with Gasteiger partial charge in [-0.2, -0.15) is 13.2 Å². The van der Waals surface area contributed by atoms with E-state index in [4.69, 9.17) is 18.9 Å². The number of ether oxygens (including phenoxy) is 5. The van der Waals surface area contributed by atoms with Crippen LogP contribution in [0.1, 0.15) is 46.0 Å². The van der Waals surface area contributed by atoms with Crippen LogP contribution in [0.2, 0.25) is 0 Å². The van der Waals surface area contributed by atoms with Crippen molar-refractivity contribution in [2.24, 2.45) is 11.8 Å². The smallest absolute Gasteiger partial charge is 0.422 e. The third-order valence-electron chi connectivity index (χ3n) is 6.27. The van der Waals surface area contributed by atoms with E-state index in [0.29, 0.717) is 19.3 Å². The van der Waals surface area contributed by atoms with Crippen LogP contribution < -0.4 is 0 Å². The highest BCUT2D eigenvalue weighted by Gasteiger charge is 2.62. The Hall–Kier alpha value is -2.63. The largest absolute Gasteiger partial charge is 0.460 e. The van der Waals surface area contributed by atoms with Gasteiger partial charge in [0.1, 0.15) is 35.2 Å². The summed E-state index contributed by atoms with van der Waals surface area (Å²) in [6.45, 7) is 4.82. The maximum atomic E-state index is 13.1. The van der Waals surface area contributed by atoms with Crippen molar-refractivity contribution in [2.75, 3.05) is 6.61 Å². The zero-order valence-corrected chi connectivity index (χ0v) is 18.1. The fraction of sp³-hybridized carbons (Fsp3) is 0.714. The zero-order chi connectivity index (χ0) is 24.6. The van der Waals surface area contributed by atoms with Crippen molar-refractivity contribution in [2.45, 2.75) is 76.2 Å². The number of carbonyl (C=O) groups is 4. The first-order valence-corrected chi connectivity index (χ1v) is 10.6. The number of hydrogen-bond donors (Lipinski definition) is 0. The SMILES string of the molecule is C=C(C(=O)OCC(=O)OC1OC2C(C)OC(=O)C2C1C(=O)OC1(CC)CCCC1)C(F)(F)F. The van der Waals surface area contributed by atoms with Gasteiger partial charge in [0.2, 0.25) is 6.29 Å². The average Bonchev–Trinajstić information content (AvgIpc) is 3.42. The second-order valence-corrected chi connectivity index (χ2v) is 8.37. The van der Waals surface area contributed by atoms with Crippen molar-refractivity contribution in [3.05, 3.63) is 12.2 Å². The Kier molecular flexibility index (Phi) is 7.06. The molecule has 1 saturated carbocycles. The predicted molar refractivity (Wildman–Crippen MR) is 101 cm³/mol. The predicted octanol–water partition coefficient (Wildman–Crippen LogP) is 2.36. The summed E-state index contributed by atoms with van der Waals surface area (Å²) in [5.74, 6) is -7.03. The molecule has 0 bridgehead atoms. The third kappa shape index (κ3) is 5.15. The molecule has 0 amide bonds. The van der Waals surface area contributed by atoms with Crippen molar-refractivity contribution in [3.63, 3.8) is 0 Å². The second-order valence-electron chi connectivity index (χ2n) is 8.37. The number of halogens is 3. The van der Waals surface area contributed by atoms with E-state index in [0.717, 1.165) is 12.8 Å². The van der Waals surface area contributed by atoms with Crippen molar-refractivity contribution in [1.29, 1.82) is 0 Å². The van der Waals surface area contributed by atoms with Gasteiger partial charge in [-0.05, 0) is 39.0 Å². The Labute approximate surface area is 187 Å². The van der Waals surface area contributed by atoms with Gasteiger partial charge in [0, 0.05) is 0 Å². The summed E-state index contributed by atoms with van der Waals surface area (Å²) in [6, 6.07) is 0. The van der Waals surface area contributed by atoms with Gasteiger partial charge < -0.3 is 23.7 Å². The van der Waals surface area contributed by atoms with E-state index in [1.54, 1.807) is 6.92 Å². The number of fused-ring (bicyclic) bond motifs is 1. The second kappa shape index (κ2) is 9.32. The quantitative estimate of drug-likeness (QED) is 0.309. The molecule has 0 radical (unpaired) electrons. The molecule has 9 nitrogen and oxygen atoms in total. The topological polar surface area (TPSA) is 114 Å². The minimum absolute atomic E-state index is 0.560. The molecule has 0 N–H and O–H groups in total. The van der Waals surface area contributed by atoms with Gasteiger partial charge in [-0.3, -0.25) is 9.59 Å². The number of carbonyl (C=O) groups excluding carboxylic acids is 4. The summed E-state index contributed by atoms with van der Waals surface area (Å²) in [4.78, 5) is 49.0. The van der Waals surface area contributed by atoms with Gasteiger partial charge >= 0.3 is 30.1 Å². The molecule has 12 heteroatoms. The van der Waals surface area contributed by atoms with Crippen molar-refractivity contribution < 1.29 is 56.0 Å². The van der Waals surface area contributed by atoms with E-state index in [9.17, 15) is 32.3 Å². The molecule has 33 heavy (non-hydrogen) atoms. The minimum Gasteiger partial charge on any atom is -0.460 e. The lowest BCUT2D eigenvalue weighted by atomic mass is 9.89. The molecule has 2 heterocycles. The van der Waals surface area contributed by atoms with Crippen LogP contribution in [0.25, 0.3) is 0 Å². The van der Waals surface area contributed by atoms with Gasteiger partial charge in [0.15, 0.2) is 6.61 Å². The van der Waals surface area contributed by atoms with Crippen LogP contribution >= 0.6 is 0 Å². The monoisotopic (exact) mass is 478 g/mol. The third-order valence-corrected chi connectivity index (χ3v) is 6.27. The number of hydrogen-bond acceptors (Lipinski definition) is 9. The number of cyclic esters (lactones) is 1. The molecule has 0 aromatic carbocycles. The Bertz CT molecular complexity index is 831. The molecule has 2 aliphatic heterocycles. The molecule has 0 spiro atoms. The fourth-order valence-corrected chi connectivity index (χ4v) is 4.39. The lowest BCUT2D eigenvalue weighted by molar-refractivity contribution is -0.203. The molecule has 5 unspecified atom stereocenters. The highest BCUT2D eigenvalue weighted by Crippen LogP contribution is 2.44. The standard InChI is InChI=1S/C21H25F3O9/c1-4-20(7-5-6-8-20)33-18(28)14-13-15(11(3)30-17(13)27)32-19(14)31-12(25)9-29-16(26)10(2)21(22,23)24/h11,13-15,19H,2,4-9H2,1,3H3. The van der Waals surface area contributed by atoms with Crippen LogP contribution in [0, 0.1) is 11.8 Å². The molecule has 2 saturated heterocycles. The molecule has 0 aromatic rings. The van der Waals surface area contributed by atoms with E-state index >= 15 is 0 Å². The first-order valence-electron chi connectivity index (χ1n) is 10.6. The van der Waals surface area contributed by atoms with E-state index in [2.05, 4.69) is 11.3 Å². The average molecular weight is 478 g/mol. The first-order chi connectivity index (χ1) is 15.4. The number of alkyl halides is 3. The highest BCUT2D eigenvalue weighted by molar-refractivity contribution is 5.90. The molecule has 5 atom stereocenters. The molecule has 1 aliphatic carbocycles. The van der Waals surface area contributed by atoms with E-state index in [-0.39, 0.29) is 0 Å². The Morgan fingerprint density at radius 3 is 2.42 bits per heavy atom. The van der Waals surface area contributed by atoms with E-state index in [1.165, 1.54) is 0 Å². The summed E-state index contributed by atoms with van der Waals surface area (Å²) in [7, 11) is 0. The van der Waals surface area contributed by atoms with E-state index in [1.807, 2.05) is 6.92 Å². The van der Waals surface area contributed by atoms with Gasteiger partial charge in [0.05, 0.1) is 0 Å². The van der Waals surface area contributed by atoms with Crippen molar-refractivity contribution >= 4 is 23.9 Å². The lowest BCUT2D eigenvalue weighted by Crippen LogP contribution is -2.41. The Balaban J connectivity index is 1.69. The maximum absolute atomic E-state index is 13.1. The fourth-order valence-electron chi connectivity index (χ4n) is 4.39. The van der Waals surface area contributed by atoms with Crippen LogP contribution in [0.3, 0.4) is 0 Å². The highest BCUT2D eigenvalue weighted by atomic mass is 19.4. The molecule has 184 valence electrons. The molecular weight excluding hydrogens is 453 g/mol. The van der Waals surface area contributed by atoms with Gasteiger partial charge in [-0.1, -0.05) is 13.5 Å². The Morgan fingerprint density at radius 1 is 1.21 bits per heavy atom. The van der Waals surface area contributed by atoms with Crippen LogP contribution in [-0.2, 0) is 42.9 Å². The summed E-state index contributed by atoms with van der Waals surface area (Å²) in [5, 5.41) is 0. The molecular formula is C21H25F3O9. The van der Waals surface area contributed by atoms with Gasteiger partial charge in [-0.15, -0.1) is 0 Å². The van der Waals surface area contributed by atoms with Crippen molar-refractivity contribution in [1.82, 2.24) is 0 Å². The lowest BCUT2D eigenvalue weighted by Gasteiger charge is -2.30. The summed E-state index contributed by atoms with van der Waals surface area (Å²) < 4.78 is 63.3. The molecule has 3 aliphatic rings. The zero-order valence-electron chi connectivity index (χ0n) is 18.1. The summed E-state index contributed by atoms with van der Waals surface area (Å²) >= 11 is 0. The summed E-state index contributed by atoms with van der Waals surface area (Å²) in [6.07, 6.45) is -4.57. The van der Waals surface area contributed by atoms with Gasteiger partial charge in [-0.25, -0.2) is 9.59 Å². The molecule has 0 aromatic heterocycles. The van der Waals surface area contributed by atoms with Crippen LogP contribution in [0.5, 0.6) is 0 Å². The Morgan fingerprint density at radius 2 is 1.85 bits per heavy atom. The van der Waals surface area contributed by atoms with Crippen molar-refractivity contribution in [3.8, 4) is 0 Å². The normalized spacial score (nSPS) is 30.3. The summed E-state index contributed by atoms with van der Waals surface area (Å²) in [5.41, 5.74) is -2.48. The van der Waals surface area contributed by atoms with E-state index < -0.39 is 78.2 Å². The van der Waals surface area contributed by atoms with Crippen LogP contribution in [0.15, 0.2) is 12.2 Å².